The first kappa shape index (κ1) is 10.3. The molecule has 13 heavy (non-hydrogen) atoms. The van der Waals surface area contributed by atoms with Crippen molar-refractivity contribution in [3.63, 3.8) is 0 Å². The van der Waals surface area contributed by atoms with Crippen LogP contribution in [0.3, 0.4) is 0 Å². The molecule has 1 amide bonds. The average molecular weight is 183 g/mol. The van der Waals surface area contributed by atoms with Gasteiger partial charge in [-0.05, 0) is 26.8 Å². The Morgan fingerprint density at radius 2 is 2.23 bits per heavy atom. The van der Waals surface area contributed by atoms with Crippen molar-refractivity contribution in [2.75, 3.05) is 19.7 Å². The van der Waals surface area contributed by atoms with E-state index in [1.165, 1.54) is 0 Å². The lowest BCUT2D eigenvalue weighted by Crippen LogP contribution is -2.50. The lowest BCUT2D eigenvalue weighted by atomic mass is 10.1. The summed E-state index contributed by atoms with van der Waals surface area (Å²) in [5, 5.41) is 0. The molecule has 0 aromatic carbocycles. The Balaban J connectivity index is 2.56. The Bertz CT molecular complexity index is 221. The molecule has 1 rings (SSSR count). The molecule has 1 aliphatic rings. The first-order valence-electron chi connectivity index (χ1n) is 4.61. The maximum absolute atomic E-state index is 11.5. The largest absolute Gasteiger partial charge is 0.372 e. The lowest BCUT2D eigenvalue weighted by molar-refractivity contribution is -0.140. The predicted octanol–water partition coefficient (Wildman–Crippen LogP) is 1.20. The molecule has 3 nitrogen and oxygen atoms in total. The summed E-state index contributed by atoms with van der Waals surface area (Å²) in [6, 6.07) is 0. The molecule has 0 unspecified atom stereocenters. The SMILES string of the molecule is CC=CC(=O)N1CCOC(C)(C)C1. The van der Waals surface area contributed by atoms with Gasteiger partial charge < -0.3 is 9.64 Å². The van der Waals surface area contributed by atoms with Gasteiger partial charge in [0.15, 0.2) is 0 Å². The van der Waals surface area contributed by atoms with E-state index in [9.17, 15) is 4.79 Å². The highest BCUT2D eigenvalue weighted by atomic mass is 16.5. The van der Waals surface area contributed by atoms with Gasteiger partial charge in [0.05, 0.1) is 12.2 Å². The number of hydrogen-bond donors (Lipinski definition) is 0. The van der Waals surface area contributed by atoms with E-state index in [0.29, 0.717) is 19.7 Å². The monoisotopic (exact) mass is 183 g/mol. The normalized spacial score (nSPS) is 22.2. The highest BCUT2D eigenvalue weighted by molar-refractivity contribution is 5.87. The van der Waals surface area contributed by atoms with E-state index < -0.39 is 0 Å². The molecular formula is C10H17NO2. The van der Waals surface area contributed by atoms with Crippen LogP contribution in [0.1, 0.15) is 20.8 Å². The third-order valence-electron chi connectivity index (χ3n) is 2.05. The first-order chi connectivity index (χ1) is 6.05. The molecule has 0 N–H and O–H groups in total. The maximum Gasteiger partial charge on any atom is 0.246 e. The van der Waals surface area contributed by atoms with E-state index in [4.69, 9.17) is 4.74 Å². The number of ether oxygens (including phenoxy) is 1. The summed E-state index contributed by atoms with van der Waals surface area (Å²) in [4.78, 5) is 13.3. The van der Waals surface area contributed by atoms with E-state index in [0.717, 1.165) is 0 Å². The van der Waals surface area contributed by atoms with Gasteiger partial charge in [-0.25, -0.2) is 0 Å². The molecule has 1 saturated heterocycles. The summed E-state index contributed by atoms with van der Waals surface area (Å²) in [6.07, 6.45) is 3.37. The minimum Gasteiger partial charge on any atom is -0.372 e. The number of nitrogens with zero attached hydrogens (tertiary/aromatic N) is 1. The minimum absolute atomic E-state index is 0.0823. The van der Waals surface area contributed by atoms with Gasteiger partial charge in [0.1, 0.15) is 0 Å². The van der Waals surface area contributed by atoms with E-state index in [1.807, 2.05) is 25.7 Å². The Kier molecular flexibility index (Phi) is 3.09. The summed E-state index contributed by atoms with van der Waals surface area (Å²) < 4.78 is 5.51. The molecule has 0 saturated carbocycles. The van der Waals surface area contributed by atoms with Gasteiger partial charge in [-0.1, -0.05) is 6.08 Å². The number of carbonyl (C=O) groups is 1. The fourth-order valence-corrected chi connectivity index (χ4v) is 1.45. The maximum atomic E-state index is 11.5. The third kappa shape index (κ3) is 2.84. The molecule has 3 heteroatoms. The van der Waals surface area contributed by atoms with Crippen LogP contribution in [0, 0.1) is 0 Å². The summed E-state index contributed by atoms with van der Waals surface area (Å²) in [7, 11) is 0. The molecule has 0 spiro atoms. The Morgan fingerprint density at radius 1 is 1.54 bits per heavy atom. The van der Waals surface area contributed by atoms with Crippen molar-refractivity contribution in [3.8, 4) is 0 Å². The number of morpholine rings is 1. The van der Waals surface area contributed by atoms with Crippen molar-refractivity contribution < 1.29 is 9.53 Å². The van der Waals surface area contributed by atoms with E-state index in [1.54, 1.807) is 12.2 Å². The van der Waals surface area contributed by atoms with Gasteiger partial charge in [-0.2, -0.15) is 0 Å². The van der Waals surface area contributed by atoms with Crippen LogP contribution in [-0.4, -0.2) is 36.1 Å². The number of amides is 1. The zero-order chi connectivity index (χ0) is 9.90. The molecule has 0 aromatic heterocycles. The summed E-state index contributed by atoms with van der Waals surface area (Å²) in [5.41, 5.74) is -0.199. The van der Waals surface area contributed by atoms with Crippen LogP contribution < -0.4 is 0 Å². The molecule has 1 aliphatic heterocycles. The zero-order valence-electron chi connectivity index (χ0n) is 8.54. The molecule has 0 aromatic rings. The van der Waals surface area contributed by atoms with Crippen molar-refractivity contribution in [3.05, 3.63) is 12.2 Å². The minimum atomic E-state index is -0.199. The number of allylic oxidation sites excluding steroid dienone is 1. The fourth-order valence-electron chi connectivity index (χ4n) is 1.45. The average Bonchev–Trinajstić information content (AvgIpc) is 2.03. The molecule has 1 fully saturated rings. The molecular weight excluding hydrogens is 166 g/mol. The molecule has 0 atom stereocenters. The van der Waals surface area contributed by atoms with Crippen LogP contribution in [0.2, 0.25) is 0 Å². The second-order valence-corrected chi connectivity index (χ2v) is 3.87. The molecule has 1 heterocycles. The Morgan fingerprint density at radius 3 is 2.77 bits per heavy atom. The molecule has 0 bridgehead atoms. The van der Waals surface area contributed by atoms with Gasteiger partial charge in [0.2, 0.25) is 5.91 Å². The Hall–Kier alpha value is -0.830. The number of hydrogen-bond acceptors (Lipinski definition) is 2. The zero-order valence-corrected chi connectivity index (χ0v) is 8.54. The fraction of sp³-hybridized carbons (Fsp3) is 0.700. The highest BCUT2D eigenvalue weighted by Crippen LogP contribution is 2.16. The van der Waals surface area contributed by atoms with E-state index in [-0.39, 0.29) is 11.5 Å². The summed E-state index contributed by atoms with van der Waals surface area (Å²) in [5.74, 6) is 0.0823. The topological polar surface area (TPSA) is 29.5 Å². The van der Waals surface area contributed by atoms with Crippen LogP contribution in [0.15, 0.2) is 12.2 Å². The van der Waals surface area contributed by atoms with Gasteiger partial charge >= 0.3 is 0 Å². The van der Waals surface area contributed by atoms with Crippen LogP contribution in [-0.2, 0) is 9.53 Å². The van der Waals surface area contributed by atoms with Gasteiger partial charge in [-0.15, -0.1) is 0 Å². The Labute approximate surface area is 79.4 Å². The van der Waals surface area contributed by atoms with Gasteiger partial charge in [-0.3, -0.25) is 4.79 Å². The van der Waals surface area contributed by atoms with Crippen molar-refractivity contribution >= 4 is 5.91 Å². The molecule has 0 radical (unpaired) electrons. The van der Waals surface area contributed by atoms with Crippen LogP contribution in [0.4, 0.5) is 0 Å². The van der Waals surface area contributed by atoms with Crippen LogP contribution in [0.5, 0.6) is 0 Å². The van der Waals surface area contributed by atoms with Crippen LogP contribution in [0.25, 0.3) is 0 Å². The van der Waals surface area contributed by atoms with Crippen molar-refractivity contribution in [1.29, 1.82) is 0 Å². The summed E-state index contributed by atoms with van der Waals surface area (Å²) in [6.45, 7) is 7.87. The summed E-state index contributed by atoms with van der Waals surface area (Å²) >= 11 is 0. The van der Waals surface area contributed by atoms with Crippen molar-refractivity contribution in [2.24, 2.45) is 0 Å². The standard InChI is InChI=1S/C10H17NO2/c1-4-5-9(12)11-6-7-13-10(2,3)8-11/h4-5H,6-8H2,1-3H3. The second kappa shape index (κ2) is 3.92. The quantitative estimate of drug-likeness (QED) is 0.572. The molecule has 74 valence electrons. The van der Waals surface area contributed by atoms with E-state index in [2.05, 4.69) is 0 Å². The van der Waals surface area contributed by atoms with Gasteiger partial charge in [0.25, 0.3) is 0 Å². The van der Waals surface area contributed by atoms with Crippen molar-refractivity contribution in [2.45, 2.75) is 26.4 Å². The first-order valence-corrected chi connectivity index (χ1v) is 4.61. The number of carbonyl (C=O) groups excluding carboxylic acids is 1. The smallest absolute Gasteiger partial charge is 0.246 e. The number of rotatable bonds is 1. The van der Waals surface area contributed by atoms with Gasteiger partial charge in [0, 0.05) is 13.1 Å². The van der Waals surface area contributed by atoms with Crippen molar-refractivity contribution in [1.82, 2.24) is 4.90 Å². The second-order valence-electron chi connectivity index (χ2n) is 3.87. The van der Waals surface area contributed by atoms with Crippen LogP contribution >= 0.6 is 0 Å². The third-order valence-corrected chi connectivity index (χ3v) is 2.05. The lowest BCUT2D eigenvalue weighted by Gasteiger charge is -2.37. The van der Waals surface area contributed by atoms with E-state index >= 15 is 0 Å². The predicted molar refractivity (Wildman–Crippen MR) is 51.4 cm³/mol. The highest BCUT2D eigenvalue weighted by Gasteiger charge is 2.28. The molecule has 0 aliphatic carbocycles.